The summed E-state index contributed by atoms with van der Waals surface area (Å²) in [5, 5.41) is 4.78. The maximum Gasteiger partial charge on any atom is 0.113 e. The first-order valence-electron chi connectivity index (χ1n) is 16.4. The average molecular weight is 621 g/mol. The summed E-state index contributed by atoms with van der Waals surface area (Å²) in [4.78, 5) is 0. The van der Waals surface area contributed by atoms with E-state index in [0.29, 0.717) is 0 Å². The highest BCUT2D eigenvalue weighted by Gasteiger charge is 2.37. The monoisotopic (exact) mass is 620 g/mol. The second kappa shape index (κ2) is 9.24. The molecular formula is C44H32N2S. The summed E-state index contributed by atoms with van der Waals surface area (Å²) in [6, 6.07) is 45.5. The molecule has 0 unspecified atom stereocenters. The number of rotatable bonds is 2. The highest BCUT2D eigenvalue weighted by Crippen LogP contribution is 2.52. The number of aromatic nitrogens is 2. The summed E-state index contributed by atoms with van der Waals surface area (Å²) in [6.07, 6.45) is 0. The lowest BCUT2D eigenvalue weighted by Crippen LogP contribution is -2.15. The van der Waals surface area contributed by atoms with Gasteiger partial charge in [-0.15, -0.1) is 0 Å². The van der Waals surface area contributed by atoms with Gasteiger partial charge >= 0.3 is 0 Å². The number of hydrogen-bond donors (Lipinski definition) is 0. The predicted octanol–water partition coefficient (Wildman–Crippen LogP) is 11.9. The van der Waals surface area contributed by atoms with Crippen molar-refractivity contribution in [1.29, 1.82) is 0 Å². The van der Waals surface area contributed by atoms with Crippen molar-refractivity contribution in [1.82, 2.24) is 8.75 Å². The van der Waals surface area contributed by atoms with Crippen molar-refractivity contribution in [3.8, 4) is 44.5 Å². The molecule has 0 aliphatic heterocycles. The quantitative estimate of drug-likeness (QED) is 0.180. The summed E-state index contributed by atoms with van der Waals surface area (Å²) in [5.74, 6) is 0. The summed E-state index contributed by atoms with van der Waals surface area (Å²) in [7, 11) is 0. The Hall–Kier alpha value is -5.12. The van der Waals surface area contributed by atoms with Gasteiger partial charge < -0.3 is 0 Å². The van der Waals surface area contributed by atoms with E-state index in [-0.39, 0.29) is 10.8 Å². The Bertz CT molecular complexity index is 2640. The van der Waals surface area contributed by atoms with Crippen LogP contribution in [0.2, 0.25) is 0 Å². The zero-order chi connectivity index (χ0) is 31.7. The molecule has 2 aliphatic carbocycles. The zero-order valence-electron chi connectivity index (χ0n) is 26.8. The molecule has 2 aliphatic rings. The van der Waals surface area contributed by atoms with Gasteiger partial charge in [0.25, 0.3) is 0 Å². The first kappa shape index (κ1) is 27.0. The third-order valence-electron chi connectivity index (χ3n) is 11.2. The number of hydrogen-bond acceptors (Lipinski definition) is 3. The first-order chi connectivity index (χ1) is 22.8. The Morgan fingerprint density at radius 3 is 1.62 bits per heavy atom. The van der Waals surface area contributed by atoms with Gasteiger partial charge in [0, 0.05) is 21.6 Å². The van der Waals surface area contributed by atoms with E-state index in [1.54, 1.807) is 0 Å². The topological polar surface area (TPSA) is 25.8 Å². The van der Waals surface area contributed by atoms with Crippen molar-refractivity contribution in [2.45, 2.75) is 38.5 Å². The molecule has 8 aromatic rings. The van der Waals surface area contributed by atoms with E-state index in [0.717, 1.165) is 16.4 Å². The maximum absolute atomic E-state index is 4.74. The van der Waals surface area contributed by atoms with Crippen molar-refractivity contribution in [2.75, 3.05) is 0 Å². The lowest BCUT2D eigenvalue weighted by molar-refractivity contribution is 0.660. The number of benzene rings is 7. The predicted molar refractivity (Wildman–Crippen MR) is 198 cm³/mol. The summed E-state index contributed by atoms with van der Waals surface area (Å²) >= 11 is 1.29. The molecule has 0 spiro atoms. The smallest absolute Gasteiger partial charge is 0.113 e. The lowest BCUT2D eigenvalue weighted by atomic mass is 9.80. The van der Waals surface area contributed by atoms with Gasteiger partial charge in [0.15, 0.2) is 0 Å². The molecule has 10 rings (SSSR count). The van der Waals surface area contributed by atoms with Crippen LogP contribution in [0.15, 0.2) is 121 Å². The standard InChI is InChI=1S/C44H32N2S/c1-43(2)37-12-8-7-10-31(37)34-22-27(16-19-38(34)43)28-14-18-32-35-21-26(15-20-39(35)44(3,4)40(32)24-28)25-13-17-30-29-9-5-6-11-33(29)41-42(36(30)23-25)46-47-45-41/h5-24H,1-4H3. The normalized spacial score (nSPS) is 15.1. The molecule has 224 valence electrons. The van der Waals surface area contributed by atoms with Gasteiger partial charge in [0.1, 0.15) is 11.0 Å². The fourth-order valence-electron chi connectivity index (χ4n) is 8.63. The Morgan fingerprint density at radius 2 is 0.872 bits per heavy atom. The summed E-state index contributed by atoms with van der Waals surface area (Å²) in [6.45, 7) is 9.43. The van der Waals surface area contributed by atoms with Crippen molar-refractivity contribution in [3.63, 3.8) is 0 Å². The van der Waals surface area contributed by atoms with Gasteiger partial charge in [-0.05, 0) is 102 Å². The SMILES string of the molecule is CC1(C)c2ccccc2-c2cc(-c3ccc4c(c3)C(C)(C)c3ccc(-c5ccc6c7ccccc7c7nsnc7c6c5)cc3-4)ccc21. The molecule has 0 fully saturated rings. The highest BCUT2D eigenvalue weighted by molar-refractivity contribution is 7.00. The van der Waals surface area contributed by atoms with Crippen LogP contribution in [-0.2, 0) is 10.8 Å². The van der Waals surface area contributed by atoms with E-state index < -0.39 is 0 Å². The highest BCUT2D eigenvalue weighted by atomic mass is 32.1. The molecule has 1 aromatic heterocycles. The summed E-state index contributed by atoms with van der Waals surface area (Å²) < 4.78 is 9.42. The van der Waals surface area contributed by atoms with Crippen LogP contribution in [0.1, 0.15) is 49.9 Å². The van der Waals surface area contributed by atoms with Gasteiger partial charge in [0.2, 0.25) is 0 Å². The minimum atomic E-state index is -0.0920. The molecule has 0 saturated carbocycles. The van der Waals surface area contributed by atoms with Crippen LogP contribution >= 0.6 is 11.7 Å². The molecule has 2 nitrogen and oxygen atoms in total. The second-order valence-corrected chi connectivity index (χ2v) is 14.9. The largest absolute Gasteiger partial charge is 0.172 e. The van der Waals surface area contributed by atoms with Crippen LogP contribution in [-0.4, -0.2) is 8.75 Å². The molecule has 0 amide bonds. The van der Waals surface area contributed by atoms with E-state index in [9.17, 15) is 0 Å². The zero-order valence-corrected chi connectivity index (χ0v) is 27.7. The number of nitrogens with zero attached hydrogens (tertiary/aromatic N) is 2. The lowest BCUT2D eigenvalue weighted by Gasteiger charge is -2.23. The molecule has 47 heavy (non-hydrogen) atoms. The maximum atomic E-state index is 4.74. The first-order valence-corrected chi connectivity index (χ1v) is 17.1. The van der Waals surface area contributed by atoms with Crippen LogP contribution in [0, 0.1) is 0 Å². The van der Waals surface area contributed by atoms with E-state index in [4.69, 9.17) is 4.37 Å². The van der Waals surface area contributed by atoms with Crippen LogP contribution in [0.4, 0.5) is 0 Å². The van der Waals surface area contributed by atoms with Gasteiger partial charge in [0.05, 0.1) is 11.7 Å². The van der Waals surface area contributed by atoms with Crippen LogP contribution < -0.4 is 0 Å². The van der Waals surface area contributed by atoms with Crippen molar-refractivity contribution < 1.29 is 0 Å². The van der Waals surface area contributed by atoms with Gasteiger partial charge in [-0.25, -0.2) is 0 Å². The molecule has 3 heteroatoms. The fraction of sp³-hybridized carbons (Fsp3) is 0.136. The van der Waals surface area contributed by atoms with E-state index >= 15 is 0 Å². The Kier molecular flexibility index (Phi) is 5.32. The average Bonchev–Trinajstić information content (AvgIpc) is 3.75. The van der Waals surface area contributed by atoms with Crippen molar-refractivity contribution in [3.05, 3.63) is 144 Å². The number of fused-ring (bicyclic) bond motifs is 12. The van der Waals surface area contributed by atoms with Gasteiger partial charge in [-0.3, -0.25) is 0 Å². The molecule has 0 N–H and O–H groups in total. The molecule has 1 heterocycles. The molecular weight excluding hydrogens is 589 g/mol. The van der Waals surface area contributed by atoms with Gasteiger partial charge in [-0.1, -0.05) is 125 Å². The molecule has 0 saturated heterocycles. The minimum absolute atomic E-state index is 0.0195. The van der Waals surface area contributed by atoms with E-state index in [2.05, 4.69) is 153 Å². The Labute approximate surface area is 278 Å². The Morgan fingerprint density at radius 1 is 0.383 bits per heavy atom. The second-order valence-electron chi connectivity index (χ2n) is 14.3. The third kappa shape index (κ3) is 3.61. The van der Waals surface area contributed by atoms with Gasteiger partial charge in [-0.2, -0.15) is 8.75 Å². The van der Waals surface area contributed by atoms with Crippen LogP contribution in [0.5, 0.6) is 0 Å². The third-order valence-corrected chi connectivity index (χ3v) is 11.7. The molecule has 7 aromatic carbocycles. The van der Waals surface area contributed by atoms with E-state index in [1.807, 2.05) is 0 Å². The van der Waals surface area contributed by atoms with Crippen molar-refractivity contribution in [2.24, 2.45) is 0 Å². The fourth-order valence-corrected chi connectivity index (χ4v) is 9.21. The minimum Gasteiger partial charge on any atom is -0.172 e. The Balaban J connectivity index is 1.08. The summed E-state index contributed by atoms with van der Waals surface area (Å²) in [5.41, 5.74) is 17.9. The van der Waals surface area contributed by atoms with E-state index in [1.165, 1.54) is 94.6 Å². The molecule has 0 bridgehead atoms. The van der Waals surface area contributed by atoms with Crippen LogP contribution in [0.3, 0.4) is 0 Å². The van der Waals surface area contributed by atoms with Crippen molar-refractivity contribution >= 4 is 44.3 Å². The molecule has 0 radical (unpaired) electrons. The molecule has 0 atom stereocenters. The van der Waals surface area contributed by atoms with Crippen LogP contribution in [0.25, 0.3) is 77.1 Å².